The highest BCUT2D eigenvalue weighted by Crippen LogP contribution is 2.31. The summed E-state index contributed by atoms with van der Waals surface area (Å²) in [4.78, 5) is 12.7. The van der Waals surface area contributed by atoms with E-state index in [0.717, 1.165) is 23.1 Å². The molecule has 0 saturated carbocycles. The Kier molecular flexibility index (Phi) is 6.13. The van der Waals surface area contributed by atoms with Gasteiger partial charge in [-0.2, -0.15) is 12.6 Å². The van der Waals surface area contributed by atoms with Gasteiger partial charge in [-0.3, -0.25) is 4.79 Å². The lowest BCUT2D eigenvalue weighted by Crippen LogP contribution is -2.29. The lowest BCUT2D eigenvalue weighted by molar-refractivity contribution is 0.0934. The third kappa shape index (κ3) is 4.77. The fourth-order valence-electron chi connectivity index (χ4n) is 2.94. The van der Waals surface area contributed by atoms with Gasteiger partial charge in [0.25, 0.3) is 5.91 Å². The van der Waals surface area contributed by atoms with Crippen LogP contribution < -0.4 is 5.32 Å². The zero-order valence-electron chi connectivity index (χ0n) is 14.8. The molecule has 0 spiro atoms. The van der Waals surface area contributed by atoms with Gasteiger partial charge < -0.3 is 5.32 Å². The first-order valence-electron chi connectivity index (χ1n) is 8.79. The average Bonchev–Trinajstić information content (AvgIpc) is 2.69. The second-order valence-corrected chi connectivity index (χ2v) is 7.09. The maximum absolute atomic E-state index is 12.7. The molecule has 0 aliphatic rings. The van der Waals surface area contributed by atoms with Crippen molar-refractivity contribution in [3.05, 3.63) is 107 Å². The molecule has 0 aliphatic carbocycles. The SMILES string of the molecule is Cc1ccc(C(=O)N[C@@H](C[C@H](S)c2ccccc2)c2ccccc2)cc1. The number of hydrogen-bond donors (Lipinski definition) is 2. The van der Waals surface area contributed by atoms with Crippen LogP contribution in [-0.4, -0.2) is 5.91 Å². The predicted molar refractivity (Wildman–Crippen MR) is 111 cm³/mol. The Bertz CT molecular complexity index is 831. The van der Waals surface area contributed by atoms with Gasteiger partial charge in [0.2, 0.25) is 0 Å². The van der Waals surface area contributed by atoms with E-state index in [1.54, 1.807) is 0 Å². The van der Waals surface area contributed by atoms with Gasteiger partial charge in [0.15, 0.2) is 0 Å². The van der Waals surface area contributed by atoms with Crippen molar-refractivity contribution in [2.75, 3.05) is 0 Å². The fraction of sp³-hybridized carbons (Fsp3) is 0.174. The number of hydrogen-bond acceptors (Lipinski definition) is 2. The molecular weight excluding hydrogens is 338 g/mol. The van der Waals surface area contributed by atoms with E-state index in [0.29, 0.717) is 5.56 Å². The second kappa shape index (κ2) is 8.72. The van der Waals surface area contributed by atoms with Crippen molar-refractivity contribution < 1.29 is 4.79 Å². The lowest BCUT2D eigenvalue weighted by atomic mass is 9.98. The van der Waals surface area contributed by atoms with Crippen molar-refractivity contribution in [3.8, 4) is 0 Å². The molecule has 0 heterocycles. The lowest BCUT2D eigenvalue weighted by Gasteiger charge is -2.23. The normalized spacial score (nSPS) is 13.0. The molecule has 3 aromatic rings. The molecule has 3 heteroatoms. The van der Waals surface area contributed by atoms with E-state index >= 15 is 0 Å². The van der Waals surface area contributed by atoms with Crippen molar-refractivity contribution in [2.45, 2.75) is 24.6 Å². The summed E-state index contributed by atoms with van der Waals surface area (Å²) in [6.45, 7) is 2.01. The van der Waals surface area contributed by atoms with Gasteiger partial charge in [0, 0.05) is 10.8 Å². The average molecular weight is 362 g/mol. The number of carbonyl (C=O) groups excluding carboxylic acids is 1. The largest absolute Gasteiger partial charge is 0.345 e. The summed E-state index contributed by atoms with van der Waals surface area (Å²) in [5.74, 6) is -0.0625. The molecule has 0 aromatic heterocycles. The number of aryl methyl sites for hydroxylation is 1. The smallest absolute Gasteiger partial charge is 0.251 e. The van der Waals surface area contributed by atoms with Crippen molar-refractivity contribution in [1.82, 2.24) is 5.32 Å². The van der Waals surface area contributed by atoms with Crippen LogP contribution in [0.4, 0.5) is 0 Å². The molecule has 0 bridgehead atoms. The molecule has 2 atom stereocenters. The Labute approximate surface area is 160 Å². The molecule has 1 N–H and O–H groups in total. The van der Waals surface area contributed by atoms with Crippen molar-refractivity contribution in [3.63, 3.8) is 0 Å². The predicted octanol–water partition coefficient (Wildman–Crippen LogP) is 5.53. The highest BCUT2D eigenvalue weighted by Gasteiger charge is 2.19. The number of rotatable bonds is 6. The number of carbonyl (C=O) groups is 1. The first-order valence-corrected chi connectivity index (χ1v) is 9.30. The first-order chi connectivity index (χ1) is 12.6. The molecule has 132 valence electrons. The summed E-state index contributed by atoms with van der Waals surface area (Å²) < 4.78 is 0. The van der Waals surface area contributed by atoms with E-state index in [1.807, 2.05) is 79.7 Å². The third-order valence-corrected chi connectivity index (χ3v) is 4.97. The van der Waals surface area contributed by atoms with Gasteiger partial charge >= 0.3 is 0 Å². The highest BCUT2D eigenvalue weighted by molar-refractivity contribution is 7.80. The van der Waals surface area contributed by atoms with E-state index in [2.05, 4.69) is 17.4 Å². The van der Waals surface area contributed by atoms with Gasteiger partial charge in [-0.25, -0.2) is 0 Å². The zero-order valence-corrected chi connectivity index (χ0v) is 15.7. The third-order valence-electron chi connectivity index (χ3n) is 4.46. The van der Waals surface area contributed by atoms with Crippen molar-refractivity contribution in [1.29, 1.82) is 0 Å². The molecule has 0 unspecified atom stereocenters. The molecule has 26 heavy (non-hydrogen) atoms. The Hall–Kier alpha value is -2.52. The summed E-state index contributed by atoms with van der Waals surface area (Å²) in [6.07, 6.45) is 0.717. The van der Waals surface area contributed by atoms with Gasteiger partial charge in [-0.05, 0) is 36.6 Å². The quantitative estimate of drug-likeness (QED) is 0.556. The first kappa shape index (κ1) is 18.3. The van der Waals surface area contributed by atoms with Crippen LogP contribution in [0.2, 0.25) is 0 Å². The van der Waals surface area contributed by atoms with E-state index < -0.39 is 0 Å². The number of amides is 1. The Morgan fingerprint density at radius 2 is 1.38 bits per heavy atom. The Morgan fingerprint density at radius 1 is 0.846 bits per heavy atom. The monoisotopic (exact) mass is 361 g/mol. The molecule has 3 aromatic carbocycles. The Morgan fingerprint density at radius 3 is 1.96 bits per heavy atom. The minimum absolute atomic E-state index is 0.0414. The van der Waals surface area contributed by atoms with Crippen molar-refractivity contribution in [2.24, 2.45) is 0 Å². The molecular formula is C23H23NOS. The van der Waals surface area contributed by atoms with E-state index in [4.69, 9.17) is 12.6 Å². The van der Waals surface area contributed by atoms with Crippen LogP contribution >= 0.6 is 12.6 Å². The zero-order chi connectivity index (χ0) is 18.4. The summed E-state index contributed by atoms with van der Waals surface area (Å²) in [5.41, 5.74) is 4.05. The maximum atomic E-state index is 12.7. The van der Waals surface area contributed by atoms with Crippen LogP contribution in [0, 0.1) is 6.92 Å². The van der Waals surface area contributed by atoms with Crippen LogP contribution in [0.5, 0.6) is 0 Å². The number of benzene rings is 3. The van der Waals surface area contributed by atoms with Gasteiger partial charge in [-0.1, -0.05) is 78.4 Å². The molecule has 0 radical (unpaired) electrons. The molecule has 0 saturated heterocycles. The number of thiol groups is 1. The van der Waals surface area contributed by atoms with Crippen LogP contribution in [0.3, 0.4) is 0 Å². The minimum Gasteiger partial charge on any atom is -0.345 e. The van der Waals surface area contributed by atoms with Gasteiger partial charge in [0.1, 0.15) is 0 Å². The summed E-state index contributed by atoms with van der Waals surface area (Å²) in [7, 11) is 0. The molecule has 1 amide bonds. The standard InChI is InChI=1S/C23H23NOS/c1-17-12-14-20(15-13-17)23(25)24-21(18-8-4-2-5-9-18)16-22(26)19-10-6-3-7-11-19/h2-15,21-22,26H,16H2,1H3,(H,24,25)/t21-,22-/m0/s1. The van der Waals surface area contributed by atoms with Crippen LogP contribution in [0.25, 0.3) is 0 Å². The summed E-state index contributed by atoms with van der Waals surface area (Å²) >= 11 is 4.78. The molecule has 2 nitrogen and oxygen atoms in total. The molecule has 0 fully saturated rings. The molecule has 3 rings (SSSR count). The minimum atomic E-state index is -0.104. The van der Waals surface area contributed by atoms with Crippen LogP contribution in [-0.2, 0) is 0 Å². The van der Waals surface area contributed by atoms with Crippen LogP contribution in [0.1, 0.15) is 44.8 Å². The number of nitrogens with one attached hydrogen (secondary N) is 1. The fourth-order valence-corrected chi connectivity index (χ4v) is 3.33. The highest BCUT2D eigenvalue weighted by atomic mass is 32.1. The second-order valence-electron chi connectivity index (χ2n) is 6.46. The van der Waals surface area contributed by atoms with E-state index in [9.17, 15) is 4.79 Å². The van der Waals surface area contributed by atoms with E-state index in [-0.39, 0.29) is 17.2 Å². The summed E-state index contributed by atoms with van der Waals surface area (Å²) in [6, 6.07) is 27.8. The molecule has 0 aliphatic heterocycles. The Balaban J connectivity index is 1.79. The van der Waals surface area contributed by atoms with Crippen LogP contribution in [0.15, 0.2) is 84.9 Å². The van der Waals surface area contributed by atoms with Gasteiger partial charge in [-0.15, -0.1) is 0 Å². The van der Waals surface area contributed by atoms with Gasteiger partial charge in [0.05, 0.1) is 6.04 Å². The van der Waals surface area contributed by atoms with E-state index in [1.165, 1.54) is 0 Å². The summed E-state index contributed by atoms with van der Waals surface area (Å²) in [5, 5.41) is 3.22. The van der Waals surface area contributed by atoms with Crippen molar-refractivity contribution >= 4 is 18.5 Å². The topological polar surface area (TPSA) is 29.1 Å². The maximum Gasteiger partial charge on any atom is 0.251 e.